The summed E-state index contributed by atoms with van der Waals surface area (Å²) in [7, 11) is 1.94. The van der Waals surface area contributed by atoms with Crippen LogP contribution < -0.4 is 5.32 Å². The number of likely N-dealkylation sites (tertiary alicyclic amines) is 1. The standard InChI is InChI=1S/C13H20N4O/c1-9-6-10(16(2)15-9)7-17-8-12-11(13(17)18)4-3-5-14-12/h6,11-12,14H,3-5,7-8H2,1-2H3. The van der Waals surface area contributed by atoms with Crippen LogP contribution in [0.4, 0.5) is 0 Å². The monoisotopic (exact) mass is 248 g/mol. The Kier molecular flexibility index (Phi) is 2.86. The molecule has 2 fully saturated rings. The van der Waals surface area contributed by atoms with E-state index in [1.54, 1.807) is 0 Å². The fourth-order valence-corrected chi connectivity index (χ4v) is 3.15. The Balaban J connectivity index is 1.74. The van der Waals surface area contributed by atoms with Gasteiger partial charge in [0.15, 0.2) is 0 Å². The van der Waals surface area contributed by atoms with Gasteiger partial charge in [-0.15, -0.1) is 0 Å². The highest BCUT2D eigenvalue weighted by Gasteiger charge is 2.41. The van der Waals surface area contributed by atoms with E-state index in [-0.39, 0.29) is 5.92 Å². The maximum absolute atomic E-state index is 12.3. The van der Waals surface area contributed by atoms with Crippen LogP contribution in [-0.2, 0) is 18.4 Å². The SMILES string of the molecule is Cc1cc(CN2CC3NCCCC3C2=O)n(C)n1. The summed E-state index contributed by atoms with van der Waals surface area (Å²) in [6.07, 6.45) is 2.16. The number of nitrogens with zero attached hydrogens (tertiary/aromatic N) is 3. The van der Waals surface area contributed by atoms with E-state index in [0.29, 0.717) is 18.5 Å². The lowest BCUT2D eigenvalue weighted by Gasteiger charge is -2.23. The van der Waals surface area contributed by atoms with Gasteiger partial charge in [0.1, 0.15) is 0 Å². The first-order chi connectivity index (χ1) is 8.65. The van der Waals surface area contributed by atoms with Gasteiger partial charge in [-0.2, -0.15) is 5.10 Å². The Bertz CT molecular complexity index is 468. The summed E-state index contributed by atoms with van der Waals surface area (Å²) >= 11 is 0. The molecule has 5 heteroatoms. The molecule has 3 rings (SSSR count). The Morgan fingerprint density at radius 3 is 3.06 bits per heavy atom. The summed E-state index contributed by atoms with van der Waals surface area (Å²) in [5, 5.41) is 7.79. The van der Waals surface area contributed by atoms with Crippen LogP contribution in [0, 0.1) is 12.8 Å². The van der Waals surface area contributed by atoms with Gasteiger partial charge in [-0.1, -0.05) is 0 Å². The van der Waals surface area contributed by atoms with Crippen LogP contribution in [-0.4, -0.2) is 39.7 Å². The van der Waals surface area contributed by atoms with Crippen molar-refractivity contribution in [2.24, 2.45) is 13.0 Å². The lowest BCUT2D eigenvalue weighted by Crippen LogP contribution is -2.41. The zero-order valence-electron chi connectivity index (χ0n) is 11.0. The van der Waals surface area contributed by atoms with Crippen LogP contribution in [0.1, 0.15) is 24.2 Å². The summed E-state index contributed by atoms with van der Waals surface area (Å²) < 4.78 is 1.87. The molecule has 0 aromatic carbocycles. The minimum Gasteiger partial charge on any atom is -0.335 e. The van der Waals surface area contributed by atoms with Crippen molar-refractivity contribution >= 4 is 5.91 Å². The molecule has 0 aliphatic carbocycles. The van der Waals surface area contributed by atoms with Gasteiger partial charge < -0.3 is 10.2 Å². The van der Waals surface area contributed by atoms with Gasteiger partial charge in [0, 0.05) is 19.6 Å². The van der Waals surface area contributed by atoms with Crippen molar-refractivity contribution in [1.82, 2.24) is 20.0 Å². The molecule has 1 amide bonds. The second kappa shape index (κ2) is 4.39. The van der Waals surface area contributed by atoms with Crippen LogP contribution in [0.25, 0.3) is 0 Å². The third-order valence-corrected chi connectivity index (χ3v) is 4.08. The summed E-state index contributed by atoms with van der Waals surface area (Å²) in [4.78, 5) is 14.3. The van der Waals surface area contributed by atoms with Gasteiger partial charge in [-0.25, -0.2) is 0 Å². The maximum atomic E-state index is 12.3. The number of nitrogens with one attached hydrogen (secondary N) is 1. The van der Waals surface area contributed by atoms with Gasteiger partial charge in [-0.05, 0) is 32.4 Å². The third kappa shape index (κ3) is 1.92. The van der Waals surface area contributed by atoms with E-state index in [0.717, 1.165) is 37.3 Å². The minimum atomic E-state index is 0.202. The number of hydrogen-bond donors (Lipinski definition) is 1. The van der Waals surface area contributed by atoms with Crippen molar-refractivity contribution < 1.29 is 4.79 Å². The molecule has 2 unspecified atom stereocenters. The van der Waals surface area contributed by atoms with Crippen molar-refractivity contribution in [3.05, 3.63) is 17.5 Å². The smallest absolute Gasteiger partial charge is 0.227 e. The number of aromatic nitrogens is 2. The van der Waals surface area contributed by atoms with Crippen LogP contribution >= 0.6 is 0 Å². The topological polar surface area (TPSA) is 50.2 Å². The largest absolute Gasteiger partial charge is 0.335 e. The van der Waals surface area contributed by atoms with Crippen molar-refractivity contribution in [3.8, 4) is 0 Å². The highest BCUT2D eigenvalue weighted by molar-refractivity contribution is 5.82. The molecule has 2 saturated heterocycles. The number of carbonyl (C=O) groups is 1. The molecule has 0 radical (unpaired) electrons. The van der Waals surface area contributed by atoms with Gasteiger partial charge in [0.05, 0.1) is 23.9 Å². The Morgan fingerprint density at radius 2 is 2.39 bits per heavy atom. The van der Waals surface area contributed by atoms with Gasteiger partial charge in [0.2, 0.25) is 5.91 Å². The molecular formula is C13H20N4O. The molecule has 2 atom stereocenters. The van der Waals surface area contributed by atoms with Crippen LogP contribution in [0.2, 0.25) is 0 Å². The van der Waals surface area contributed by atoms with Crippen molar-refractivity contribution in [2.75, 3.05) is 13.1 Å². The average Bonchev–Trinajstić information content (AvgIpc) is 2.82. The lowest BCUT2D eigenvalue weighted by molar-refractivity contribution is -0.132. The summed E-state index contributed by atoms with van der Waals surface area (Å²) in [6.45, 7) is 4.56. The molecule has 98 valence electrons. The Hall–Kier alpha value is -1.36. The summed E-state index contributed by atoms with van der Waals surface area (Å²) in [5.41, 5.74) is 2.12. The molecule has 3 heterocycles. The first kappa shape index (κ1) is 11.7. The van der Waals surface area contributed by atoms with E-state index in [9.17, 15) is 4.79 Å². The number of piperidine rings is 1. The summed E-state index contributed by atoms with van der Waals surface area (Å²) in [6, 6.07) is 2.42. The number of amides is 1. The molecule has 0 bridgehead atoms. The minimum absolute atomic E-state index is 0.202. The van der Waals surface area contributed by atoms with Gasteiger partial charge in [0.25, 0.3) is 0 Å². The predicted molar refractivity (Wildman–Crippen MR) is 67.9 cm³/mol. The van der Waals surface area contributed by atoms with Gasteiger partial charge in [-0.3, -0.25) is 9.48 Å². The second-order valence-corrected chi connectivity index (χ2v) is 5.43. The quantitative estimate of drug-likeness (QED) is 0.826. The number of hydrogen-bond acceptors (Lipinski definition) is 3. The average molecular weight is 248 g/mol. The molecule has 1 N–H and O–H groups in total. The molecular weight excluding hydrogens is 228 g/mol. The van der Waals surface area contributed by atoms with E-state index in [1.165, 1.54) is 0 Å². The lowest BCUT2D eigenvalue weighted by atomic mass is 9.94. The fraction of sp³-hybridized carbons (Fsp3) is 0.692. The number of carbonyl (C=O) groups excluding carboxylic acids is 1. The third-order valence-electron chi connectivity index (χ3n) is 4.08. The summed E-state index contributed by atoms with van der Waals surface area (Å²) in [5.74, 6) is 0.513. The van der Waals surface area contributed by atoms with E-state index >= 15 is 0 Å². The molecule has 2 aliphatic heterocycles. The van der Waals surface area contributed by atoms with Gasteiger partial charge >= 0.3 is 0 Å². The van der Waals surface area contributed by atoms with E-state index in [2.05, 4.69) is 16.5 Å². The fourth-order valence-electron chi connectivity index (χ4n) is 3.15. The first-order valence-electron chi connectivity index (χ1n) is 6.67. The highest BCUT2D eigenvalue weighted by Crippen LogP contribution is 2.27. The Labute approximate surface area is 107 Å². The Morgan fingerprint density at radius 1 is 1.56 bits per heavy atom. The normalized spacial score (nSPS) is 27.7. The molecule has 0 saturated carbocycles. The van der Waals surface area contributed by atoms with Crippen LogP contribution in [0.15, 0.2) is 6.07 Å². The van der Waals surface area contributed by atoms with E-state index in [4.69, 9.17) is 0 Å². The van der Waals surface area contributed by atoms with E-state index in [1.807, 2.05) is 23.6 Å². The maximum Gasteiger partial charge on any atom is 0.227 e. The van der Waals surface area contributed by atoms with Crippen LogP contribution in [0.3, 0.4) is 0 Å². The molecule has 1 aromatic rings. The number of rotatable bonds is 2. The number of aryl methyl sites for hydroxylation is 2. The van der Waals surface area contributed by atoms with Crippen molar-refractivity contribution in [1.29, 1.82) is 0 Å². The molecule has 18 heavy (non-hydrogen) atoms. The van der Waals surface area contributed by atoms with Crippen molar-refractivity contribution in [2.45, 2.75) is 32.4 Å². The molecule has 5 nitrogen and oxygen atoms in total. The molecule has 0 spiro atoms. The zero-order chi connectivity index (χ0) is 12.7. The van der Waals surface area contributed by atoms with E-state index < -0.39 is 0 Å². The zero-order valence-corrected chi connectivity index (χ0v) is 11.0. The predicted octanol–water partition coefficient (Wildman–Crippen LogP) is 0.439. The second-order valence-electron chi connectivity index (χ2n) is 5.43. The number of fused-ring (bicyclic) bond motifs is 1. The molecule has 1 aromatic heterocycles. The van der Waals surface area contributed by atoms with Crippen LogP contribution in [0.5, 0.6) is 0 Å². The highest BCUT2D eigenvalue weighted by atomic mass is 16.2. The molecule has 2 aliphatic rings. The first-order valence-corrected chi connectivity index (χ1v) is 6.67. The van der Waals surface area contributed by atoms with Crippen molar-refractivity contribution in [3.63, 3.8) is 0 Å².